The van der Waals surface area contributed by atoms with Gasteiger partial charge in [0, 0.05) is 6.54 Å². The summed E-state index contributed by atoms with van der Waals surface area (Å²) < 4.78 is 50.7. The highest BCUT2D eigenvalue weighted by Gasteiger charge is 2.14. The van der Waals surface area contributed by atoms with E-state index in [1.165, 1.54) is 0 Å². The maximum Gasteiger partial charge on any atom is 0.243 e. The molecule has 0 heterocycles. The molecule has 0 bridgehead atoms. The molecule has 0 saturated heterocycles. The summed E-state index contributed by atoms with van der Waals surface area (Å²) in [5, 5.41) is 2.34. The molecule has 0 spiro atoms. The van der Waals surface area contributed by atoms with E-state index in [1.807, 2.05) is 0 Å². The van der Waals surface area contributed by atoms with Crippen LogP contribution in [0.25, 0.3) is 0 Å². The number of halogens is 2. The Bertz CT molecular complexity index is 591. The first-order valence-electron chi connectivity index (χ1n) is 5.09. The van der Waals surface area contributed by atoms with Gasteiger partial charge in [-0.05, 0) is 23.8 Å². The number of benzene rings is 1. The smallest absolute Gasteiger partial charge is 0.243 e. The van der Waals surface area contributed by atoms with Crippen molar-refractivity contribution in [3.8, 4) is 0 Å². The lowest BCUT2D eigenvalue weighted by Gasteiger charge is -2.09. The lowest BCUT2D eigenvalue weighted by molar-refractivity contribution is -0.116. The van der Waals surface area contributed by atoms with Gasteiger partial charge in [0.1, 0.15) is 5.69 Å². The van der Waals surface area contributed by atoms with Crippen LogP contribution in [-0.2, 0) is 21.4 Å². The number of carbonyl (C=O) groups excluding carboxylic acids is 1. The molecule has 5 nitrogen and oxygen atoms in total. The van der Waals surface area contributed by atoms with Crippen LogP contribution < -0.4 is 10.0 Å². The SMILES string of the molecule is C=CC(=O)NCc1cc(F)c(NS(C)(=O)=O)c(F)c1. The van der Waals surface area contributed by atoms with E-state index >= 15 is 0 Å². The number of hydrogen-bond donors (Lipinski definition) is 2. The molecule has 8 heteroatoms. The molecule has 0 unspecified atom stereocenters. The molecule has 0 aliphatic carbocycles. The van der Waals surface area contributed by atoms with Gasteiger partial charge in [0.25, 0.3) is 0 Å². The van der Waals surface area contributed by atoms with E-state index in [4.69, 9.17) is 0 Å². The van der Waals surface area contributed by atoms with Crippen molar-refractivity contribution < 1.29 is 22.0 Å². The number of carbonyl (C=O) groups is 1. The highest BCUT2D eigenvalue weighted by atomic mass is 32.2. The number of amides is 1. The van der Waals surface area contributed by atoms with Crippen molar-refractivity contribution in [3.63, 3.8) is 0 Å². The quantitative estimate of drug-likeness (QED) is 0.798. The van der Waals surface area contributed by atoms with Gasteiger partial charge in [0.2, 0.25) is 15.9 Å². The number of rotatable bonds is 5. The molecule has 1 aromatic rings. The Balaban J connectivity index is 2.97. The number of nitrogens with one attached hydrogen (secondary N) is 2. The van der Waals surface area contributed by atoms with Crippen molar-refractivity contribution in [1.82, 2.24) is 5.32 Å². The van der Waals surface area contributed by atoms with Crippen LogP contribution in [0.5, 0.6) is 0 Å². The van der Waals surface area contributed by atoms with E-state index in [0.29, 0.717) is 0 Å². The van der Waals surface area contributed by atoms with Gasteiger partial charge in [-0.25, -0.2) is 17.2 Å². The molecule has 0 aromatic heterocycles. The molecular formula is C11H12F2N2O3S. The van der Waals surface area contributed by atoms with Gasteiger partial charge in [0.05, 0.1) is 6.26 Å². The van der Waals surface area contributed by atoms with Crippen LogP contribution in [0.2, 0.25) is 0 Å². The Hall–Kier alpha value is -1.96. The first kappa shape index (κ1) is 15.1. The second-order valence-corrected chi connectivity index (χ2v) is 5.48. The summed E-state index contributed by atoms with van der Waals surface area (Å²) in [4.78, 5) is 10.9. The highest BCUT2D eigenvalue weighted by Crippen LogP contribution is 2.21. The predicted molar refractivity (Wildman–Crippen MR) is 66.9 cm³/mol. The molecule has 0 aliphatic rings. The summed E-state index contributed by atoms with van der Waals surface area (Å²) in [6.45, 7) is 3.13. The fraction of sp³-hybridized carbons (Fsp3) is 0.182. The Morgan fingerprint density at radius 3 is 2.32 bits per heavy atom. The third kappa shape index (κ3) is 4.66. The summed E-state index contributed by atoms with van der Waals surface area (Å²) in [7, 11) is -3.78. The molecule has 1 aromatic carbocycles. The fourth-order valence-electron chi connectivity index (χ4n) is 1.27. The molecule has 0 fully saturated rings. The third-order valence-corrected chi connectivity index (χ3v) is 2.62. The van der Waals surface area contributed by atoms with E-state index in [9.17, 15) is 22.0 Å². The Morgan fingerprint density at radius 2 is 1.89 bits per heavy atom. The molecule has 1 amide bonds. The maximum atomic E-state index is 13.5. The maximum absolute atomic E-state index is 13.5. The summed E-state index contributed by atoms with van der Waals surface area (Å²) in [6.07, 6.45) is 1.80. The normalized spacial score (nSPS) is 10.9. The van der Waals surface area contributed by atoms with E-state index in [-0.39, 0.29) is 12.1 Å². The van der Waals surface area contributed by atoms with Gasteiger partial charge in [0.15, 0.2) is 11.6 Å². The van der Waals surface area contributed by atoms with Crippen LogP contribution in [0.15, 0.2) is 24.8 Å². The third-order valence-electron chi connectivity index (χ3n) is 2.04. The Kier molecular flexibility index (Phi) is 4.60. The second kappa shape index (κ2) is 5.79. The zero-order valence-electron chi connectivity index (χ0n) is 10.0. The lowest BCUT2D eigenvalue weighted by atomic mass is 10.2. The van der Waals surface area contributed by atoms with Crippen molar-refractivity contribution in [3.05, 3.63) is 42.0 Å². The van der Waals surface area contributed by atoms with Crippen molar-refractivity contribution in [2.75, 3.05) is 11.0 Å². The standard InChI is InChI=1S/C11H12F2N2O3S/c1-3-10(16)14-6-7-4-8(12)11(9(13)5-7)15-19(2,17)18/h3-5,15H,1,6H2,2H3,(H,14,16). The minimum absolute atomic E-state index is 0.0994. The van der Waals surface area contributed by atoms with Crippen molar-refractivity contribution in [2.24, 2.45) is 0 Å². The molecule has 0 saturated carbocycles. The fourth-order valence-corrected chi connectivity index (χ4v) is 1.84. The molecule has 0 atom stereocenters. The molecular weight excluding hydrogens is 278 g/mol. The molecule has 19 heavy (non-hydrogen) atoms. The second-order valence-electron chi connectivity index (χ2n) is 3.73. The molecule has 2 N–H and O–H groups in total. The minimum atomic E-state index is -3.78. The highest BCUT2D eigenvalue weighted by molar-refractivity contribution is 7.92. The predicted octanol–water partition coefficient (Wildman–Crippen LogP) is 1.14. The van der Waals surface area contributed by atoms with Gasteiger partial charge in [-0.3, -0.25) is 9.52 Å². The summed E-state index contributed by atoms with van der Waals surface area (Å²) in [5.41, 5.74) is -0.592. The van der Waals surface area contributed by atoms with Gasteiger partial charge in [-0.15, -0.1) is 0 Å². The molecule has 0 aliphatic heterocycles. The first-order chi connectivity index (χ1) is 8.73. The number of anilines is 1. The van der Waals surface area contributed by atoms with Crippen LogP contribution in [0.3, 0.4) is 0 Å². The molecule has 104 valence electrons. The van der Waals surface area contributed by atoms with Crippen LogP contribution >= 0.6 is 0 Å². The minimum Gasteiger partial charge on any atom is -0.348 e. The van der Waals surface area contributed by atoms with E-state index in [1.54, 1.807) is 4.72 Å². The first-order valence-corrected chi connectivity index (χ1v) is 6.98. The van der Waals surface area contributed by atoms with E-state index in [2.05, 4.69) is 11.9 Å². The van der Waals surface area contributed by atoms with Gasteiger partial charge in [-0.1, -0.05) is 6.58 Å². The van der Waals surface area contributed by atoms with Crippen molar-refractivity contribution >= 4 is 21.6 Å². The zero-order chi connectivity index (χ0) is 14.6. The van der Waals surface area contributed by atoms with Crippen LogP contribution in [0.4, 0.5) is 14.5 Å². The average molecular weight is 290 g/mol. The lowest BCUT2D eigenvalue weighted by Crippen LogP contribution is -2.20. The summed E-state index contributed by atoms with van der Waals surface area (Å²) in [5.74, 6) is -2.61. The molecule has 0 radical (unpaired) electrons. The largest absolute Gasteiger partial charge is 0.348 e. The van der Waals surface area contributed by atoms with E-state index < -0.39 is 33.3 Å². The Labute approximate surface area is 109 Å². The van der Waals surface area contributed by atoms with Crippen LogP contribution in [0.1, 0.15) is 5.56 Å². The van der Waals surface area contributed by atoms with Crippen molar-refractivity contribution in [1.29, 1.82) is 0 Å². The topological polar surface area (TPSA) is 75.3 Å². The van der Waals surface area contributed by atoms with Gasteiger partial charge < -0.3 is 5.32 Å². The zero-order valence-corrected chi connectivity index (χ0v) is 10.9. The summed E-state index contributed by atoms with van der Waals surface area (Å²) >= 11 is 0. The van der Waals surface area contributed by atoms with Crippen molar-refractivity contribution in [2.45, 2.75) is 6.54 Å². The van der Waals surface area contributed by atoms with Gasteiger partial charge >= 0.3 is 0 Å². The summed E-state index contributed by atoms with van der Waals surface area (Å²) in [6, 6.07) is 1.86. The monoisotopic (exact) mass is 290 g/mol. The van der Waals surface area contributed by atoms with Crippen LogP contribution in [0, 0.1) is 11.6 Å². The van der Waals surface area contributed by atoms with Gasteiger partial charge in [-0.2, -0.15) is 0 Å². The molecule has 1 rings (SSSR count). The van der Waals surface area contributed by atoms with E-state index in [0.717, 1.165) is 24.5 Å². The Morgan fingerprint density at radius 1 is 1.37 bits per heavy atom. The van der Waals surface area contributed by atoms with Crippen LogP contribution in [-0.4, -0.2) is 20.6 Å². The number of hydrogen-bond acceptors (Lipinski definition) is 3. The number of sulfonamides is 1. The average Bonchev–Trinajstić information content (AvgIpc) is 2.29.